The standard InChI is InChI=1S/C19H25N7O2/c1-12-11-14(24-28-12)20-17(27)13-7-9-25(10-8-13)16-6-5-15-21-22-18(19(2,3)4)26(15)23-16/h5-6,11,13H,7-10H2,1-4H3,(H,20,24,27). The summed E-state index contributed by atoms with van der Waals surface area (Å²) >= 11 is 0. The van der Waals surface area contributed by atoms with E-state index in [1.54, 1.807) is 13.0 Å². The van der Waals surface area contributed by atoms with Crippen molar-refractivity contribution in [2.45, 2.75) is 46.0 Å². The molecular weight excluding hydrogens is 358 g/mol. The lowest BCUT2D eigenvalue weighted by atomic mass is 9.96. The maximum atomic E-state index is 12.5. The first-order valence-corrected chi connectivity index (χ1v) is 9.53. The molecule has 0 atom stereocenters. The Kier molecular flexibility index (Phi) is 4.52. The van der Waals surface area contributed by atoms with Crippen molar-refractivity contribution < 1.29 is 9.32 Å². The average molecular weight is 383 g/mol. The number of piperidine rings is 1. The number of aryl methyl sites for hydroxylation is 1. The summed E-state index contributed by atoms with van der Waals surface area (Å²) in [4.78, 5) is 14.7. The van der Waals surface area contributed by atoms with Crippen LogP contribution in [-0.4, -0.2) is 44.0 Å². The fraction of sp³-hybridized carbons (Fsp3) is 0.526. The highest BCUT2D eigenvalue weighted by Crippen LogP contribution is 2.25. The molecule has 1 saturated heterocycles. The normalized spacial score (nSPS) is 15.9. The highest BCUT2D eigenvalue weighted by Gasteiger charge is 2.27. The van der Waals surface area contributed by atoms with Gasteiger partial charge in [0, 0.05) is 30.5 Å². The number of nitrogens with one attached hydrogen (secondary N) is 1. The number of amides is 1. The van der Waals surface area contributed by atoms with Crippen molar-refractivity contribution in [2.24, 2.45) is 5.92 Å². The minimum Gasteiger partial charge on any atom is -0.360 e. The number of fused-ring (bicyclic) bond motifs is 1. The molecule has 1 aliphatic heterocycles. The molecule has 3 aromatic heterocycles. The molecular formula is C19H25N7O2. The third kappa shape index (κ3) is 3.56. The average Bonchev–Trinajstić information content (AvgIpc) is 3.27. The maximum Gasteiger partial charge on any atom is 0.228 e. The summed E-state index contributed by atoms with van der Waals surface area (Å²) < 4.78 is 6.82. The van der Waals surface area contributed by atoms with Crippen molar-refractivity contribution in [2.75, 3.05) is 23.3 Å². The van der Waals surface area contributed by atoms with Crippen LogP contribution in [0.3, 0.4) is 0 Å². The molecule has 148 valence electrons. The molecule has 9 heteroatoms. The summed E-state index contributed by atoms with van der Waals surface area (Å²) in [5, 5.41) is 19.9. The van der Waals surface area contributed by atoms with Gasteiger partial charge in [0.1, 0.15) is 11.6 Å². The van der Waals surface area contributed by atoms with E-state index in [-0.39, 0.29) is 17.2 Å². The molecule has 0 unspecified atom stereocenters. The fourth-order valence-electron chi connectivity index (χ4n) is 3.44. The number of aromatic nitrogens is 5. The third-order valence-corrected chi connectivity index (χ3v) is 4.99. The van der Waals surface area contributed by atoms with E-state index in [1.807, 2.05) is 16.6 Å². The van der Waals surface area contributed by atoms with Crippen LogP contribution in [0.1, 0.15) is 45.2 Å². The van der Waals surface area contributed by atoms with Crippen molar-refractivity contribution in [3.05, 3.63) is 29.8 Å². The molecule has 4 rings (SSSR count). The minimum atomic E-state index is -0.143. The molecule has 9 nitrogen and oxygen atoms in total. The van der Waals surface area contributed by atoms with Gasteiger partial charge in [-0.15, -0.1) is 15.3 Å². The lowest BCUT2D eigenvalue weighted by molar-refractivity contribution is -0.120. The van der Waals surface area contributed by atoms with E-state index in [0.29, 0.717) is 11.6 Å². The quantitative estimate of drug-likeness (QED) is 0.741. The highest BCUT2D eigenvalue weighted by atomic mass is 16.5. The van der Waals surface area contributed by atoms with Crippen LogP contribution in [0.4, 0.5) is 11.6 Å². The first kappa shape index (κ1) is 18.4. The molecule has 0 aliphatic carbocycles. The largest absolute Gasteiger partial charge is 0.360 e. The van der Waals surface area contributed by atoms with Gasteiger partial charge in [0.15, 0.2) is 17.3 Å². The molecule has 0 aromatic carbocycles. The molecule has 28 heavy (non-hydrogen) atoms. The molecule has 1 fully saturated rings. The topological polar surface area (TPSA) is 101 Å². The van der Waals surface area contributed by atoms with Crippen molar-refractivity contribution in [3.8, 4) is 0 Å². The van der Waals surface area contributed by atoms with E-state index < -0.39 is 0 Å². The summed E-state index contributed by atoms with van der Waals surface area (Å²) in [6, 6.07) is 5.63. The second-order valence-corrected chi connectivity index (χ2v) is 8.31. The Bertz CT molecular complexity index is 993. The number of anilines is 2. The zero-order valence-corrected chi connectivity index (χ0v) is 16.6. The van der Waals surface area contributed by atoms with Crippen LogP contribution in [0.2, 0.25) is 0 Å². The monoisotopic (exact) mass is 383 g/mol. The van der Waals surface area contributed by atoms with Gasteiger partial charge in [0.2, 0.25) is 5.91 Å². The van der Waals surface area contributed by atoms with E-state index in [0.717, 1.165) is 43.2 Å². The van der Waals surface area contributed by atoms with Gasteiger partial charge in [-0.1, -0.05) is 25.9 Å². The fourth-order valence-corrected chi connectivity index (χ4v) is 3.44. The summed E-state index contributed by atoms with van der Waals surface area (Å²) in [6.07, 6.45) is 1.52. The second-order valence-electron chi connectivity index (χ2n) is 8.31. The first-order valence-electron chi connectivity index (χ1n) is 9.53. The number of hydrogen-bond acceptors (Lipinski definition) is 7. The van der Waals surface area contributed by atoms with E-state index in [2.05, 4.69) is 46.3 Å². The van der Waals surface area contributed by atoms with Crippen LogP contribution in [0.5, 0.6) is 0 Å². The molecule has 4 heterocycles. The smallest absolute Gasteiger partial charge is 0.228 e. The predicted molar refractivity (Wildman–Crippen MR) is 104 cm³/mol. The van der Waals surface area contributed by atoms with Crippen LogP contribution in [0.15, 0.2) is 22.7 Å². The number of nitrogens with zero attached hydrogens (tertiary/aromatic N) is 6. The zero-order valence-electron chi connectivity index (χ0n) is 16.6. The Labute approximate surface area is 163 Å². The minimum absolute atomic E-state index is 0.00908. The van der Waals surface area contributed by atoms with Crippen LogP contribution in [-0.2, 0) is 10.2 Å². The Balaban J connectivity index is 1.44. The van der Waals surface area contributed by atoms with Crippen LogP contribution in [0, 0.1) is 12.8 Å². The highest BCUT2D eigenvalue weighted by molar-refractivity contribution is 5.91. The summed E-state index contributed by atoms with van der Waals surface area (Å²) in [7, 11) is 0. The molecule has 0 radical (unpaired) electrons. The van der Waals surface area contributed by atoms with Gasteiger partial charge in [0.25, 0.3) is 0 Å². The second kappa shape index (κ2) is 6.88. The van der Waals surface area contributed by atoms with Crippen molar-refractivity contribution in [3.63, 3.8) is 0 Å². The van der Waals surface area contributed by atoms with E-state index in [1.165, 1.54) is 0 Å². The molecule has 0 saturated carbocycles. The Morgan fingerprint density at radius 2 is 1.96 bits per heavy atom. The van der Waals surface area contributed by atoms with Gasteiger partial charge in [-0.3, -0.25) is 4.79 Å². The van der Waals surface area contributed by atoms with E-state index in [4.69, 9.17) is 9.62 Å². The third-order valence-electron chi connectivity index (χ3n) is 4.99. The molecule has 0 bridgehead atoms. The number of rotatable bonds is 3. The Hall–Kier alpha value is -2.97. The van der Waals surface area contributed by atoms with Gasteiger partial charge in [-0.25, -0.2) is 0 Å². The Morgan fingerprint density at radius 1 is 1.21 bits per heavy atom. The SMILES string of the molecule is Cc1cc(NC(=O)C2CCN(c3ccc4nnc(C(C)(C)C)n4n3)CC2)no1. The molecule has 1 amide bonds. The molecule has 0 spiro atoms. The van der Waals surface area contributed by atoms with Gasteiger partial charge >= 0.3 is 0 Å². The van der Waals surface area contributed by atoms with Crippen molar-refractivity contribution in [1.82, 2.24) is 25.0 Å². The zero-order chi connectivity index (χ0) is 19.9. The van der Waals surface area contributed by atoms with Gasteiger partial charge < -0.3 is 14.7 Å². The number of carbonyl (C=O) groups is 1. The van der Waals surface area contributed by atoms with E-state index >= 15 is 0 Å². The molecule has 1 N–H and O–H groups in total. The van der Waals surface area contributed by atoms with Gasteiger partial charge in [-0.05, 0) is 31.9 Å². The lowest BCUT2D eigenvalue weighted by Gasteiger charge is -2.32. The summed E-state index contributed by atoms with van der Waals surface area (Å²) in [6.45, 7) is 9.61. The predicted octanol–water partition coefficient (Wildman–Crippen LogP) is 2.57. The lowest BCUT2D eigenvalue weighted by Crippen LogP contribution is -2.38. The first-order chi connectivity index (χ1) is 13.3. The summed E-state index contributed by atoms with van der Waals surface area (Å²) in [5.74, 6) is 2.81. The van der Waals surface area contributed by atoms with Gasteiger partial charge in [-0.2, -0.15) is 4.52 Å². The van der Waals surface area contributed by atoms with Gasteiger partial charge in [0.05, 0.1) is 0 Å². The van der Waals surface area contributed by atoms with Crippen molar-refractivity contribution >= 4 is 23.2 Å². The molecule has 1 aliphatic rings. The maximum absolute atomic E-state index is 12.5. The van der Waals surface area contributed by atoms with Crippen molar-refractivity contribution in [1.29, 1.82) is 0 Å². The van der Waals surface area contributed by atoms with Crippen LogP contribution < -0.4 is 10.2 Å². The Morgan fingerprint density at radius 3 is 2.61 bits per heavy atom. The van der Waals surface area contributed by atoms with Crippen LogP contribution in [0.25, 0.3) is 5.65 Å². The summed E-state index contributed by atoms with van der Waals surface area (Å²) in [5.41, 5.74) is 0.598. The molecule has 3 aromatic rings. The van der Waals surface area contributed by atoms with E-state index in [9.17, 15) is 4.79 Å². The number of carbonyl (C=O) groups excluding carboxylic acids is 1. The van der Waals surface area contributed by atoms with Crippen LogP contribution >= 0.6 is 0 Å². The number of hydrogen-bond donors (Lipinski definition) is 1.